The molecule has 6 heteroatoms. The fourth-order valence-electron chi connectivity index (χ4n) is 2.36. The smallest absolute Gasteiger partial charge is 0.274 e. The fraction of sp³-hybridized carbons (Fsp3) is 0.0500. The van der Waals surface area contributed by atoms with Gasteiger partial charge in [0.15, 0.2) is 0 Å². The van der Waals surface area contributed by atoms with Crippen LogP contribution in [0.5, 0.6) is 0 Å². The molecule has 0 aliphatic rings. The summed E-state index contributed by atoms with van der Waals surface area (Å²) in [6.45, 7) is 1.44. The van der Waals surface area contributed by atoms with Crippen LogP contribution in [0.15, 0.2) is 72.9 Å². The van der Waals surface area contributed by atoms with Gasteiger partial charge in [-0.1, -0.05) is 18.2 Å². The molecule has 0 bridgehead atoms. The van der Waals surface area contributed by atoms with Crippen molar-refractivity contribution in [2.24, 2.45) is 0 Å². The van der Waals surface area contributed by atoms with Crippen LogP contribution in [-0.4, -0.2) is 16.8 Å². The van der Waals surface area contributed by atoms with Crippen molar-refractivity contribution >= 4 is 34.6 Å². The summed E-state index contributed by atoms with van der Waals surface area (Å²) in [5.74, 6) is -0.456. The molecule has 1 heterocycles. The Morgan fingerprint density at radius 3 is 2.08 bits per heavy atom. The second-order valence-electron chi connectivity index (χ2n) is 5.63. The van der Waals surface area contributed by atoms with Gasteiger partial charge in [0.25, 0.3) is 5.91 Å². The second-order valence-corrected chi connectivity index (χ2v) is 5.63. The molecule has 26 heavy (non-hydrogen) atoms. The Hall–Kier alpha value is -3.67. The van der Waals surface area contributed by atoms with Crippen LogP contribution in [-0.2, 0) is 4.79 Å². The molecule has 3 rings (SSSR count). The van der Waals surface area contributed by atoms with E-state index in [0.717, 1.165) is 11.4 Å². The second kappa shape index (κ2) is 7.94. The number of benzene rings is 2. The number of hydrogen-bond acceptors (Lipinski definition) is 4. The molecular formula is C20H18N4O2. The number of anilines is 4. The van der Waals surface area contributed by atoms with Crippen molar-refractivity contribution in [3.63, 3.8) is 0 Å². The molecule has 0 radical (unpaired) electrons. The SMILES string of the molecule is CC(=O)Nc1ccc(NC(=O)c2cc(Nc3ccccc3)ccn2)cc1. The van der Waals surface area contributed by atoms with E-state index in [9.17, 15) is 9.59 Å². The van der Waals surface area contributed by atoms with Crippen molar-refractivity contribution in [1.29, 1.82) is 0 Å². The number of hydrogen-bond donors (Lipinski definition) is 3. The van der Waals surface area contributed by atoms with Gasteiger partial charge in [-0.25, -0.2) is 0 Å². The van der Waals surface area contributed by atoms with Crippen LogP contribution < -0.4 is 16.0 Å². The van der Waals surface area contributed by atoms with Gasteiger partial charge in [-0.15, -0.1) is 0 Å². The van der Waals surface area contributed by atoms with E-state index in [1.165, 1.54) is 6.92 Å². The van der Waals surface area contributed by atoms with Gasteiger partial charge >= 0.3 is 0 Å². The van der Waals surface area contributed by atoms with Gasteiger partial charge < -0.3 is 16.0 Å². The largest absolute Gasteiger partial charge is 0.355 e. The molecule has 1 aromatic heterocycles. The molecule has 3 N–H and O–H groups in total. The summed E-state index contributed by atoms with van der Waals surface area (Å²) in [5, 5.41) is 8.69. The monoisotopic (exact) mass is 346 g/mol. The van der Waals surface area contributed by atoms with E-state index in [2.05, 4.69) is 20.9 Å². The molecule has 2 aromatic carbocycles. The summed E-state index contributed by atoms with van der Waals surface area (Å²) in [7, 11) is 0. The molecule has 6 nitrogen and oxygen atoms in total. The normalized spacial score (nSPS) is 10.0. The standard InChI is InChI=1S/C20H18N4O2/c1-14(25)22-16-7-9-17(10-8-16)24-20(26)19-13-18(11-12-21-19)23-15-5-3-2-4-6-15/h2-13H,1H3,(H,21,23)(H,22,25)(H,24,26). The third-order valence-electron chi connectivity index (χ3n) is 3.52. The van der Waals surface area contributed by atoms with Gasteiger partial charge in [-0.05, 0) is 48.5 Å². The minimum Gasteiger partial charge on any atom is -0.355 e. The fourth-order valence-corrected chi connectivity index (χ4v) is 2.36. The number of para-hydroxylation sites is 1. The number of carbonyl (C=O) groups is 2. The summed E-state index contributed by atoms with van der Waals surface area (Å²) in [6, 6.07) is 20.0. The average molecular weight is 346 g/mol. The van der Waals surface area contributed by atoms with Crippen molar-refractivity contribution < 1.29 is 9.59 Å². The summed E-state index contributed by atoms with van der Waals surface area (Å²) >= 11 is 0. The number of nitrogens with one attached hydrogen (secondary N) is 3. The predicted molar refractivity (Wildman–Crippen MR) is 103 cm³/mol. The zero-order valence-corrected chi connectivity index (χ0v) is 14.2. The highest BCUT2D eigenvalue weighted by Crippen LogP contribution is 2.18. The van der Waals surface area contributed by atoms with Crippen LogP contribution in [0.25, 0.3) is 0 Å². The number of pyridine rings is 1. The number of amides is 2. The Kier molecular flexibility index (Phi) is 5.24. The molecule has 3 aromatic rings. The van der Waals surface area contributed by atoms with Crippen LogP contribution in [0.2, 0.25) is 0 Å². The van der Waals surface area contributed by atoms with Gasteiger partial charge in [-0.3, -0.25) is 14.6 Å². The van der Waals surface area contributed by atoms with E-state index in [-0.39, 0.29) is 11.8 Å². The number of aromatic nitrogens is 1. The maximum absolute atomic E-state index is 12.4. The van der Waals surface area contributed by atoms with Crippen molar-refractivity contribution in [2.45, 2.75) is 6.92 Å². The molecule has 2 amide bonds. The lowest BCUT2D eigenvalue weighted by atomic mass is 10.2. The van der Waals surface area contributed by atoms with E-state index >= 15 is 0 Å². The van der Waals surface area contributed by atoms with Crippen LogP contribution in [0, 0.1) is 0 Å². The molecule has 0 aliphatic carbocycles. The van der Waals surface area contributed by atoms with E-state index in [1.54, 1.807) is 42.6 Å². The van der Waals surface area contributed by atoms with Gasteiger partial charge in [0.2, 0.25) is 5.91 Å². The first-order chi connectivity index (χ1) is 12.6. The lowest BCUT2D eigenvalue weighted by molar-refractivity contribution is -0.114. The highest BCUT2D eigenvalue weighted by atomic mass is 16.2. The van der Waals surface area contributed by atoms with Crippen LogP contribution in [0.3, 0.4) is 0 Å². The first kappa shape index (κ1) is 17.2. The molecule has 0 saturated heterocycles. The molecular weight excluding hydrogens is 328 g/mol. The summed E-state index contributed by atoms with van der Waals surface area (Å²) in [4.78, 5) is 27.6. The highest BCUT2D eigenvalue weighted by molar-refractivity contribution is 6.03. The lowest BCUT2D eigenvalue weighted by Crippen LogP contribution is -2.14. The lowest BCUT2D eigenvalue weighted by Gasteiger charge is -2.09. The van der Waals surface area contributed by atoms with Crippen LogP contribution in [0.4, 0.5) is 22.7 Å². The zero-order chi connectivity index (χ0) is 18.4. The quantitative estimate of drug-likeness (QED) is 0.651. The minimum absolute atomic E-state index is 0.145. The number of nitrogens with zero attached hydrogens (tertiary/aromatic N) is 1. The Morgan fingerprint density at radius 2 is 1.42 bits per heavy atom. The summed E-state index contributed by atoms with van der Waals surface area (Å²) in [6.07, 6.45) is 1.58. The van der Waals surface area contributed by atoms with Crippen molar-refractivity contribution in [2.75, 3.05) is 16.0 Å². The van der Waals surface area contributed by atoms with Crippen molar-refractivity contribution in [1.82, 2.24) is 4.98 Å². The first-order valence-electron chi connectivity index (χ1n) is 8.07. The Bertz CT molecular complexity index is 909. The predicted octanol–water partition coefficient (Wildman–Crippen LogP) is 4.04. The molecule has 130 valence electrons. The Morgan fingerprint density at radius 1 is 0.769 bits per heavy atom. The van der Waals surface area contributed by atoms with Gasteiger partial charge in [-0.2, -0.15) is 0 Å². The maximum Gasteiger partial charge on any atom is 0.274 e. The summed E-state index contributed by atoms with van der Waals surface area (Å²) in [5.41, 5.74) is 3.29. The number of carbonyl (C=O) groups excluding carboxylic acids is 2. The van der Waals surface area contributed by atoms with Crippen LogP contribution in [0.1, 0.15) is 17.4 Å². The van der Waals surface area contributed by atoms with E-state index in [4.69, 9.17) is 0 Å². The van der Waals surface area contributed by atoms with E-state index in [1.807, 2.05) is 30.3 Å². The molecule has 0 spiro atoms. The first-order valence-corrected chi connectivity index (χ1v) is 8.07. The summed E-state index contributed by atoms with van der Waals surface area (Å²) < 4.78 is 0. The van der Waals surface area contributed by atoms with Crippen molar-refractivity contribution in [3.8, 4) is 0 Å². The molecule has 0 unspecified atom stereocenters. The van der Waals surface area contributed by atoms with E-state index in [0.29, 0.717) is 17.1 Å². The third-order valence-corrected chi connectivity index (χ3v) is 3.52. The van der Waals surface area contributed by atoms with E-state index < -0.39 is 0 Å². The van der Waals surface area contributed by atoms with Gasteiger partial charge in [0, 0.05) is 35.9 Å². The van der Waals surface area contributed by atoms with Crippen molar-refractivity contribution in [3.05, 3.63) is 78.6 Å². The molecule has 0 aliphatic heterocycles. The minimum atomic E-state index is -0.311. The Labute approximate surface area is 151 Å². The maximum atomic E-state index is 12.4. The zero-order valence-electron chi connectivity index (χ0n) is 14.2. The molecule has 0 saturated carbocycles. The third kappa shape index (κ3) is 4.67. The Balaban J connectivity index is 1.68. The number of rotatable bonds is 5. The van der Waals surface area contributed by atoms with Crippen LogP contribution >= 0.6 is 0 Å². The van der Waals surface area contributed by atoms with Gasteiger partial charge in [0.05, 0.1) is 0 Å². The highest BCUT2D eigenvalue weighted by Gasteiger charge is 2.09. The average Bonchev–Trinajstić information content (AvgIpc) is 2.64. The van der Waals surface area contributed by atoms with Gasteiger partial charge in [0.1, 0.15) is 5.69 Å². The topological polar surface area (TPSA) is 83.1 Å². The molecule has 0 atom stereocenters. The molecule has 0 fully saturated rings.